The van der Waals surface area contributed by atoms with Crippen LogP contribution in [0, 0.1) is 19.7 Å². The summed E-state index contributed by atoms with van der Waals surface area (Å²) in [7, 11) is 1.41. The van der Waals surface area contributed by atoms with Crippen LogP contribution < -0.4 is 0 Å². The fourth-order valence-corrected chi connectivity index (χ4v) is 2.56. The molecule has 0 unspecified atom stereocenters. The molecule has 5 heteroatoms. The standard InChI is InChI=1S/C14H12ClFO2S/c1-9-3-4-11(7-10(9)2)13-8-12(19(15,17)18)5-6-14(13)16/h3-8H,1-2H3. The smallest absolute Gasteiger partial charge is 0.207 e. The number of benzene rings is 2. The molecule has 0 amide bonds. The normalized spacial score (nSPS) is 11.6. The Morgan fingerprint density at radius 2 is 1.68 bits per heavy atom. The van der Waals surface area contributed by atoms with Crippen molar-refractivity contribution in [1.29, 1.82) is 0 Å². The molecular formula is C14H12ClFO2S. The minimum Gasteiger partial charge on any atom is -0.207 e. The second kappa shape index (κ2) is 4.94. The summed E-state index contributed by atoms with van der Waals surface area (Å²) in [5.74, 6) is -0.479. The quantitative estimate of drug-likeness (QED) is 0.784. The number of halogens is 2. The average Bonchev–Trinajstić information content (AvgIpc) is 2.32. The second-order valence-corrected chi connectivity index (χ2v) is 6.94. The Balaban J connectivity index is 2.64. The van der Waals surface area contributed by atoms with Crippen LogP contribution in [0.4, 0.5) is 4.39 Å². The first kappa shape index (κ1) is 14.0. The predicted molar refractivity (Wildman–Crippen MR) is 74.3 cm³/mol. The van der Waals surface area contributed by atoms with Crippen LogP contribution in [-0.4, -0.2) is 8.42 Å². The van der Waals surface area contributed by atoms with Crippen LogP contribution in [0.5, 0.6) is 0 Å². The van der Waals surface area contributed by atoms with Crippen molar-refractivity contribution in [3.05, 3.63) is 53.3 Å². The van der Waals surface area contributed by atoms with Gasteiger partial charge in [-0.2, -0.15) is 0 Å². The zero-order chi connectivity index (χ0) is 14.2. The van der Waals surface area contributed by atoms with Gasteiger partial charge in [0, 0.05) is 16.2 Å². The van der Waals surface area contributed by atoms with Crippen LogP contribution in [0.2, 0.25) is 0 Å². The molecule has 0 N–H and O–H groups in total. The molecule has 0 spiro atoms. The lowest BCUT2D eigenvalue weighted by atomic mass is 10.0. The van der Waals surface area contributed by atoms with Gasteiger partial charge in [0.1, 0.15) is 5.82 Å². The van der Waals surface area contributed by atoms with E-state index in [-0.39, 0.29) is 10.5 Å². The largest absolute Gasteiger partial charge is 0.261 e. The van der Waals surface area contributed by atoms with E-state index in [0.29, 0.717) is 5.56 Å². The van der Waals surface area contributed by atoms with Gasteiger partial charge in [0.2, 0.25) is 0 Å². The average molecular weight is 299 g/mol. The molecule has 100 valence electrons. The molecule has 0 saturated carbocycles. The van der Waals surface area contributed by atoms with Crippen LogP contribution in [-0.2, 0) is 9.05 Å². The van der Waals surface area contributed by atoms with Crippen LogP contribution in [0.1, 0.15) is 11.1 Å². The summed E-state index contributed by atoms with van der Waals surface area (Å²) in [4.78, 5) is -0.108. The number of hydrogen-bond acceptors (Lipinski definition) is 2. The topological polar surface area (TPSA) is 34.1 Å². The van der Waals surface area contributed by atoms with Crippen molar-refractivity contribution in [1.82, 2.24) is 0 Å². The number of hydrogen-bond donors (Lipinski definition) is 0. The van der Waals surface area contributed by atoms with Gasteiger partial charge in [-0.25, -0.2) is 12.8 Å². The first-order valence-electron chi connectivity index (χ1n) is 5.61. The fourth-order valence-electron chi connectivity index (χ4n) is 1.79. The highest BCUT2D eigenvalue weighted by atomic mass is 35.7. The highest BCUT2D eigenvalue weighted by Crippen LogP contribution is 2.28. The number of aryl methyl sites for hydroxylation is 2. The molecule has 19 heavy (non-hydrogen) atoms. The van der Waals surface area contributed by atoms with Crippen LogP contribution in [0.3, 0.4) is 0 Å². The van der Waals surface area contributed by atoms with E-state index in [1.807, 2.05) is 26.0 Å². The molecule has 0 fully saturated rings. The minimum absolute atomic E-state index is 0.108. The SMILES string of the molecule is Cc1ccc(-c2cc(S(=O)(=O)Cl)ccc2F)cc1C. The summed E-state index contributed by atoms with van der Waals surface area (Å²) in [5.41, 5.74) is 2.95. The highest BCUT2D eigenvalue weighted by Gasteiger charge is 2.14. The van der Waals surface area contributed by atoms with E-state index in [0.717, 1.165) is 23.3 Å². The van der Waals surface area contributed by atoms with Crippen LogP contribution in [0.25, 0.3) is 11.1 Å². The Morgan fingerprint density at radius 1 is 1.00 bits per heavy atom. The Bertz CT molecular complexity index is 739. The zero-order valence-electron chi connectivity index (χ0n) is 10.4. The Kier molecular flexibility index (Phi) is 3.65. The second-order valence-electron chi connectivity index (χ2n) is 4.38. The van der Waals surface area contributed by atoms with Crippen molar-refractivity contribution in [2.45, 2.75) is 18.7 Å². The maximum atomic E-state index is 13.8. The third-order valence-corrected chi connectivity index (χ3v) is 4.39. The molecule has 2 nitrogen and oxygen atoms in total. The van der Waals surface area contributed by atoms with E-state index in [9.17, 15) is 12.8 Å². The maximum Gasteiger partial charge on any atom is 0.261 e. The fraction of sp³-hybridized carbons (Fsp3) is 0.143. The van der Waals surface area contributed by atoms with Gasteiger partial charge in [-0.05, 0) is 48.7 Å². The third kappa shape index (κ3) is 2.96. The van der Waals surface area contributed by atoms with Crippen molar-refractivity contribution in [2.24, 2.45) is 0 Å². The summed E-state index contributed by atoms with van der Waals surface area (Å²) < 4.78 is 36.4. The van der Waals surface area contributed by atoms with Gasteiger partial charge in [0.05, 0.1) is 4.90 Å². The van der Waals surface area contributed by atoms with Gasteiger partial charge in [0.25, 0.3) is 9.05 Å². The van der Waals surface area contributed by atoms with Crippen molar-refractivity contribution < 1.29 is 12.8 Å². The first-order chi connectivity index (χ1) is 8.79. The molecular weight excluding hydrogens is 287 g/mol. The van der Waals surface area contributed by atoms with Gasteiger partial charge < -0.3 is 0 Å². The Hall–Kier alpha value is -1.39. The molecule has 0 saturated heterocycles. The summed E-state index contributed by atoms with van der Waals surface area (Å²) in [5, 5.41) is 0. The third-order valence-electron chi connectivity index (χ3n) is 3.04. The zero-order valence-corrected chi connectivity index (χ0v) is 12.0. The van der Waals surface area contributed by atoms with Gasteiger partial charge in [-0.1, -0.05) is 18.2 Å². The first-order valence-corrected chi connectivity index (χ1v) is 7.92. The van der Waals surface area contributed by atoms with Crippen molar-refractivity contribution in [3.8, 4) is 11.1 Å². The van der Waals surface area contributed by atoms with Crippen LogP contribution in [0.15, 0.2) is 41.3 Å². The lowest BCUT2D eigenvalue weighted by Crippen LogP contribution is -1.94. The molecule has 0 aliphatic rings. The highest BCUT2D eigenvalue weighted by molar-refractivity contribution is 8.13. The molecule has 0 radical (unpaired) electrons. The van der Waals surface area contributed by atoms with Crippen molar-refractivity contribution >= 4 is 19.7 Å². The molecule has 0 aromatic heterocycles. The molecule has 0 atom stereocenters. The molecule has 2 aromatic rings. The van der Waals surface area contributed by atoms with Gasteiger partial charge in [-0.15, -0.1) is 0 Å². The Labute approximate surface area is 116 Å². The molecule has 0 aliphatic heterocycles. The monoisotopic (exact) mass is 298 g/mol. The lowest BCUT2D eigenvalue weighted by Gasteiger charge is -2.08. The van der Waals surface area contributed by atoms with E-state index in [2.05, 4.69) is 0 Å². The summed E-state index contributed by atoms with van der Waals surface area (Å²) in [6.07, 6.45) is 0. The predicted octanol–water partition coefficient (Wildman–Crippen LogP) is 4.04. The molecule has 0 aliphatic carbocycles. The van der Waals surface area contributed by atoms with E-state index in [1.54, 1.807) is 6.07 Å². The molecule has 0 bridgehead atoms. The maximum absolute atomic E-state index is 13.8. The van der Waals surface area contributed by atoms with Gasteiger partial charge in [-0.3, -0.25) is 0 Å². The van der Waals surface area contributed by atoms with E-state index in [4.69, 9.17) is 10.7 Å². The summed E-state index contributed by atoms with van der Waals surface area (Å²) in [6, 6.07) is 8.96. The van der Waals surface area contributed by atoms with Gasteiger partial charge in [0.15, 0.2) is 0 Å². The minimum atomic E-state index is -3.86. The van der Waals surface area contributed by atoms with Crippen molar-refractivity contribution in [3.63, 3.8) is 0 Å². The lowest BCUT2D eigenvalue weighted by molar-refractivity contribution is 0.608. The number of rotatable bonds is 2. The molecule has 2 aromatic carbocycles. The molecule has 2 rings (SSSR count). The van der Waals surface area contributed by atoms with E-state index < -0.39 is 14.9 Å². The van der Waals surface area contributed by atoms with Crippen molar-refractivity contribution in [2.75, 3.05) is 0 Å². The van der Waals surface area contributed by atoms with E-state index >= 15 is 0 Å². The summed E-state index contributed by atoms with van der Waals surface area (Å²) in [6.45, 7) is 3.87. The summed E-state index contributed by atoms with van der Waals surface area (Å²) >= 11 is 0. The van der Waals surface area contributed by atoms with E-state index in [1.165, 1.54) is 6.07 Å². The Morgan fingerprint density at radius 3 is 2.26 bits per heavy atom. The molecule has 0 heterocycles. The van der Waals surface area contributed by atoms with Crippen LogP contribution >= 0.6 is 10.7 Å². The van der Waals surface area contributed by atoms with Gasteiger partial charge >= 0.3 is 0 Å².